The Morgan fingerprint density at radius 3 is 2.33 bits per heavy atom. The van der Waals surface area contributed by atoms with Gasteiger partial charge in [-0.3, -0.25) is 14.4 Å². The Kier molecular flexibility index (Phi) is 16.1. The first-order valence-corrected chi connectivity index (χ1v) is 19.9. The molecule has 0 radical (unpaired) electrons. The first-order valence-electron chi connectivity index (χ1n) is 19.9. The molecule has 326 valence electrons. The number of amides is 3. The maximum Gasteiger partial charge on any atom is 0.332 e. The number of fused-ring (bicyclic) bond motifs is 1. The van der Waals surface area contributed by atoms with E-state index < -0.39 is 107 Å². The lowest BCUT2D eigenvalue weighted by atomic mass is 9.93. The number of hydrogen-bond acceptors (Lipinski definition) is 10. The average Bonchev–Trinajstić information content (AvgIpc) is 3.86. The summed E-state index contributed by atoms with van der Waals surface area (Å²) in [5.41, 5.74) is -1.72. The van der Waals surface area contributed by atoms with Crippen LogP contribution in [0.2, 0.25) is 0 Å². The molecular weight excluding hydrogens is 781 g/mol. The zero-order valence-electron chi connectivity index (χ0n) is 35.6. The first-order chi connectivity index (χ1) is 28.2. The van der Waals surface area contributed by atoms with Gasteiger partial charge in [0.05, 0.1) is 17.8 Å². The summed E-state index contributed by atoms with van der Waals surface area (Å²) in [6, 6.07) is 7.03. The summed E-state index contributed by atoms with van der Waals surface area (Å²) in [5.74, 6) is -6.96. The Bertz CT molecular complexity index is 1940. The number of carbonyl (C=O) groups is 5. The Labute approximate surface area is 350 Å². The van der Waals surface area contributed by atoms with Gasteiger partial charge < -0.3 is 39.6 Å². The molecule has 0 saturated carbocycles. The van der Waals surface area contributed by atoms with E-state index in [2.05, 4.69) is 10.6 Å². The van der Waals surface area contributed by atoms with Gasteiger partial charge in [-0.2, -0.15) is 0 Å². The fourth-order valence-corrected chi connectivity index (χ4v) is 7.06. The number of hydrogen-bond donors (Lipinski definition) is 3. The number of methoxy groups -OCH3 is 1. The van der Waals surface area contributed by atoms with E-state index in [9.17, 15) is 37.9 Å². The molecule has 3 N–H and O–H groups in total. The van der Waals surface area contributed by atoms with Crippen molar-refractivity contribution >= 4 is 35.7 Å². The van der Waals surface area contributed by atoms with Crippen LogP contribution in [0.1, 0.15) is 78.5 Å². The Hall–Kier alpha value is -5.25. The van der Waals surface area contributed by atoms with Crippen molar-refractivity contribution in [2.24, 2.45) is 11.8 Å². The number of ether oxygens (including phenoxy) is 4. The number of rotatable bonds is 9. The molecule has 0 unspecified atom stereocenters. The maximum atomic E-state index is 14.3. The van der Waals surface area contributed by atoms with Crippen LogP contribution < -0.4 is 10.6 Å². The van der Waals surface area contributed by atoms with E-state index in [0.29, 0.717) is 24.5 Å². The Balaban J connectivity index is 1.76. The van der Waals surface area contributed by atoms with Crippen molar-refractivity contribution in [3.8, 4) is 0 Å². The number of esters is 2. The van der Waals surface area contributed by atoms with Gasteiger partial charge in [0.25, 0.3) is 5.91 Å². The van der Waals surface area contributed by atoms with E-state index in [1.54, 1.807) is 51.3 Å². The van der Waals surface area contributed by atoms with Gasteiger partial charge in [-0.05, 0) is 68.5 Å². The highest BCUT2D eigenvalue weighted by Gasteiger charge is 2.61. The summed E-state index contributed by atoms with van der Waals surface area (Å²) in [6.07, 6.45) is 6.39. The second-order valence-corrected chi connectivity index (χ2v) is 16.2. The van der Waals surface area contributed by atoms with Crippen molar-refractivity contribution in [2.45, 2.75) is 109 Å². The Morgan fingerprint density at radius 1 is 1.08 bits per heavy atom. The summed E-state index contributed by atoms with van der Waals surface area (Å²) in [4.78, 5) is 70.8. The van der Waals surface area contributed by atoms with Crippen LogP contribution >= 0.6 is 0 Å². The van der Waals surface area contributed by atoms with Gasteiger partial charge in [0, 0.05) is 38.6 Å². The third-order valence-electron chi connectivity index (χ3n) is 11.0. The molecule has 2 heterocycles. The molecule has 0 spiro atoms. The number of halogens is 2. The minimum absolute atomic E-state index is 0.0163. The van der Waals surface area contributed by atoms with Gasteiger partial charge in [-0.15, -0.1) is 0 Å². The predicted octanol–water partition coefficient (Wildman–Crippen LogP) is 5.13. The molecule has 3 amide bonds. The second-order valence-electron chi connectivity index (χ2n) is 16.2. The van der Waals surface area contributed by atoms with Crippen molar-refractivity contribution in [3.05, 3.63) is 101 Å². The van der Waals surface area contributed by atoms with Gasteiger partial charge in [0.2, 0.25) is 11.8 Å². The second kappa shape index (κ2) is 20.3. The summed E-state index contributed by atoms with van der Waals surface area (Å²) in [7, 11) is 3.02. The van der Waals surface area contributed by atoms with Crippen molar-refractivity contribution in [1.82, 2.24) is 15.5 Å². The van der Waals surface area contributed by atoms with Gasteiger partial charge in [-0.25, -0.2) is 18.4 Å². The Morgan fingerprint density at radius 2 is 1.73 bits per heavy atom. The van der Waals surface area contributed by atoms with E-state index >= 15 is 0 Å². The van der Waals surface area contributed by atoms with Gasteiger partial charge in [0.15, 0.2) is 11.6 Å². The molecule has 9 atom stereocenters. The van der Waals surface area contributed by atoms with E-state index in [4.69, 9.17) is 18.9 Å². The van der Waals surface area contributed by atoms with Crippen molar-refractivity contribution < 1.29 is 56.8 Å². The van der Waals surface area contributed by atoms with Gasteiger partial charge in [0.1, 0.15) is 36.4 Å². The smallest absolute Gasteiger partial charge is 0.332 e. The van der Waals surface area contributed by atoms with Crippen molar-refractivity contribution in [1.29, 1.82) is 0 Å². The summed E-state index contributed by atoms with van der Waals surface area (Å²) in [6.45, 7) is 10.7. The number of cyclic esters (lactones) is 1. The topological polar surface area (TPSA) is 173 Å². The lowest BCUT2D eigenvalue weighted by Gasteiger charge is -2.34. The highest BCUT2D eigenvalue weighted by Crippen LogP contribution is 2.42. The molecule has 2 aliphatic rings. The molecule has 15 heteroatoms. The van der Waals surface area contributed by atoms with Gasteiger partial charge in [-0.1, -0.05) is 75.8 Å². The molecule has 4 rings (SSSR count). The summed E-state index contributed by atoms with van der Waals surface area (Å²) in [5, 5.41) is 16.4. The minimum atomic E-state index is -1.92. The monoisotopic (exact) mass is 837 g/mol. The highest BCUT2D eigenvalue weighted by molar-refractivity contribution is 5.96. The van der Waals surface area contributed by atoms with Crippen molar-refractivity contribution in [3.63, 3.8) is 0 Å². The molecule has 2 aliphatic heterocycles. The van der Waals surface area contributed by atoms with Crippen LogP contribution in [-0.4, -0.2) is 102 Å². The van der Waals surface area contributed by atoms with Crippen LogP contribution in [-0.2, 0) is 42.9 Å². The quantitative estimate of drug-likeness (QED) is 0.175. The number of aliphatic hydroxyl groups is 1. The van der Waals surface area contributed by atoms with Gasteiger partial charge >= 0.3 is 11.9 Å². The zero-order valence-corrected chi connectivity index (χ0v) is 35.6. The number of epoxide rings is 1. The molecule has 2 aromatic rings. The summed E-state index contributed by atoms with van der Waals surface area (Å²) >= 11 is 0. The molecule has 60 heavy (non-hydrogen) atoms. The molecule has 13 nitrogen and oxygen atoms in total. The number of carbonyl (C=O) groups excluding carboxylic acids is 5. The van der Waals surface area contributed by atoms with E-state index in [1.165, 1.54) is 25.8 Å². The third-order valence-corrected chi connectivity index (χ3v) is 11.0. The van der Waals surface area contributed by atoms with E-state index in [0.717, 1.165) is 29.9 Å². The van der Waals surface area contributed by atoms with Crippen LogP contribution in [0.4, 0.5) is 8.78 Å². The molecule has 0 aliphatic carbocycles. The molecule has 2 aromatic carbocycles. The average molecular weight is 838 g/mol. The predicted molar refractivity (Wildman–Crippen MR) is 219 cm³/mol. The van der Waals surface area contributed by atoms with Crippen LogP contribution in [0.5, 0.6) is 0 Å². The molecule has 0 bridgehead atoms. The number of nitrogens with zero attached hydrogens (tertiary/aromatic N) is 1. The fourth-order valence-electron chi connectivity index (χ4n) is 7.06. The highest BCUT2D eigenvalue weighted by atomic mass is 19.1. The summed E-state index contributed by atoms with van der Waals surface area (Å²) < 4.78 is 50.7. The standard InChI is InChI=1S/C45H57F2N3O10/c1-10-26(2)37-41(53)48-33(25-58-36(51)20-19-29-21-31(46)23-32(47)22-29)40(52)49-39(44(5,6)56)42(54)59-38(30-17-12-11-13-18-30)28(4)16-14-15-27(3)34(57-9)24-35-45(7,60-35)43(55)50(37)8/h11-23,26,28,33-35,37-39,56H,10,24-25H2,1-9H3,(H,48,53)(H,49,52)/b16-14+,20-19+,27-15+/t26-,28+,33+,34+,35-,37-,38-,39+,45+/m0/s1. The zero-order chi connectivity index (χ0) is 44.5. The molecular formula is C45H57F2N3O10. The largest absolute Gasteiger partial charge is 0.460 e. The van der Waals surface area contributed by atoms with Crippen LogP contribution in [0, 0.1) is 23.5 Å². The van der Waals surface area contributed by atoms with Crippen LogP contribution in [0.25, 0.3) is 6.08 Å². The molecule has 0 aromatic heterocycles. The van der Waals surface area contributed by atoms with E-state index in [-0.39, 0.29) is 5.56 Å². The number of benzene rings is 2. The first kappa shape index (κ1) is 47.4. The van der Waals surface area contributed by atoms with Crippen molar-refractivity contribution in [2.75, 3.05) is 20.8 Å². The lowest BCUT2D eigenvalue weighted by Crippen LogP contribution is -2.62. The normalized spacial score (nSPS) is 29.5. The van der Waals surface area contributed by atoms with Crippen LogP contribution in [0.3, 0.4) is 0 Å². The number of likely N-dealkylation sites (N-methyl/N-ethyl adjacent to an activating group) is 1. The number of allylic oxidation sites excluding steroid dienone is 2. The molecule has 1 saturated heterocycles. The SMILES string of the molecule is CC[C@H](C)[C@H]1C(=O)N[C@H](COC(=O)/C=C/c2cc(F)cc(F)c2)C(=O)N[C@@H](C(C)(C)O)C(=O)O[C@H](c2ccccc2)[C@H](C)/C=C/C=C(\C)[C@H](OC)C[C@@H]2O[C@@]2(C)C(=O)N1C. The third kappa shape index (κ3) is 12.2. The maximum absolute atomic E-state index is 14.3. The minimum Gasteiger partial charge on any atom is -0.460 e. The lowest BCUT2D eigenvalue weighted by molar-refractivity contribution is -0.162. The molecule has 1 fully saturated rings. The fraction of sp³-hybridized carbons (Fsp3) is 0.489. The van der Waals surface area contributed by atoms with E-state index in [1.807, 2.05) is 39.0 Å². The van der Waals surface area contributed by atoms with Crippen LogP contribution in [0.15, 0.2) is 78.4 Å². The number of nitrogens with one attached hydrogen (secondary N) is 2.